The lowest BCUT2D eigenvalue weighted by atomic mass is 9.92. The Morgan fingerprint density at radius 3 is 2.43 bits per heavy atom. The normalized spacial score (nSPS) is 11.0. The molecule has 0 aliphatic rings. The number of ether oxygens (including phenoxy) is 1. The number of rotatable bonds is 6. The summed E-state index contributed by atoms with van der Waals surface area (Å²) in [5, 5.41) is 8.80. The second kappa shape index (κ2) is 8.69. The Balaban J connectivity index is 1.75. The lowest BCUT2D eigenvalue weighted by Gasteiger charge is -2.12. The second-order valence-electron chi connectivity index (χ2n) is 7.52. The van der Waals surface area contributed by atoms with Crippen molar-refractivity contribution in [2.75, 3.05) is 18.5 Å². The number of hydrogen-bond acceptors (Lipinski definition) is 6. The summed E-state index contributed by atoms with van der Waals surface area (Å²) in [5.74, 6) is -1.50. The summed E-state index contributed by atoms with van der Waals surface area (Å²) in [4.78, 5) is 35.6. The Bertz CT molecular complexity index is 880. The quantitative estimate of drug-likeness (QED) is 0.737. The Kier molecular flexibility index (Phi) is 6.56. The monoisotopic (exact) mass is 387 g/mol. The molecule has 2 rings (SSSR count). The van der Waals surface area contributed by atoms with Gasteiger partial charge in [-0.2, -0.15) is 0 Å². The standard InChI is InChI=1S/C20H25N3O5/c1-12-6-7-14(8-13(12)2)19(26)21-10-18(25)27-11-16(24)22-17-9-15(23-28-17)20(3,4)5/h6-9H,10-11H2,1-5H3,(H,21,26)(H,22,24). The average Bonchev–Trinajstić information content (AvgIpc) is 3.09. The largest absolute Gasteiger partial charge is 0.454 e. The summed E-state index contributed by atoms with van der Waals surface area (Å²) in [6.07, 6.45) is 0. The molecule has 0 saturated heterocycles. The Hall–Kier alpha value is -3.16. The van der Waals surface area contributed by atoms with E-state index in [1.54, 1.807) is 18.2 Å². The molecule has 0 saturated carbocycles. The van der Waals surface area contributed by atoms with E-state index in [1.807, 2.05) is 40.7 Å². The zero-order chi connectivity index (χ0) is 20.9. The molecule has 150 valence electrons. The SMILES string of the molecule is Cc1ccc(C(=O)NCC(=O)OCC(=O)Nc2cc(C(C)(C)C)no2)cc1C. The number of esters is 1. The molecule has 1 aromatic carbocycles. The number of nitrogens with one attached hydrogen (secondary N) is 2. The molecule has 2 amide bonds. The van der Waals surface area contributed by atoms with Gasteiger partial charge in [0.2, 0.25) is 5.88 Å². The van der Waals surface area contributed by atoms with Gasteiger partial charge in [0.15, 0.2) is 6.61 Å². The lowest BCUT2D eigenvalue weighted by Crippen LogP contribution is -2.32. The zero-order valence-corrected chi connectivity index (χ0v) is 16.7. The fourth-order valence-electron chi connectivity index (χ4n) is 2.20. The third kappa shape index (κ3) is 5.94. The summed E-state index contributed by atoms with van der Waals surface area (Å²) in [6, 6.07) is 6.87. The highest BCUT2D eigenvalue weighted by Gasteiger charge is 2.20. The number of aryl methyl sites for hydroxylation is 2. The van der Waals surface area contributed by atoms with Crippen LogP contribution in [0.1, 0.15) is 48.0 Å². The number of carbonyl (C=O) groups excluding carboxylic acids is 3. The maximum atomic E-state index is 12.1. The van der Waals surface area contributed by atoms with E-state index < -0.39 is 18.5 Å². The molecule has 8 nitrogen and oxygen atoms in total. The van der Waals surface area contributed by atoms with Crippen LogP contribution in [0.2, 0.25) is 0 Å². The Labute approximate surface area is 163 Å². The van der Waals surface area contributed by atoms with Gasteiger partial charge in [0.25, 0.3) is 11.8 Å². The van der Waals surface area contributed by atoms with Crippen LogP contribution in [0.3, 0.4) is 0 Å². The summed E-state index contributed by atoms with van der Waals surface area (Å²) >= 11 is 0. The van der Waals surface area contributed by atoms with Crippen molar-refractivity contribution in [3.63, 3.8) is 0 Å². The van der Waals surface area contributed by atoms with Crippen LogP contribution >= 0.6 is 0 Å². The van der Waals surface area contributed by atoms with Gasteiger partial charge in [-0.3, -0.25) is 19.7 Å². The predicted molar refractivity (Wildman–Crippen MR) is 103 cm³/mol. The minimum atomic E-state index is -0.722. The molecule has 2 N–H and O–H groups in total. The third-order valence-electron chi connectivity index (χ3n) is 4.07. The molecule has 0 aliphatic heterocycles. The number of carbonyl (C=O) groups is 3. The van der Waals surface area contributed by atoms with Gasteiger partial charge >= 0.3 is 5.97 Å². The first-order valence-corrected chi connectivity index (χ1v) is 8.84. The molecule has 0 unspecified atom stereocenters. The predicted octanol–water partition coefficient (Wildman–Crippen LogP) is 2.50. The smallest absolute Gasteiger partial charge is 0.325 e. The number of hydrogen-bond donors (Lipinski definition) is 2. The van der Waals surface area contributed by atoms with Crippen molar-refractivity contribution < 1.29 is 23.6 Å². The molecule has 0 atom stereocenters. The molecule has 2 aromatic rings. The average molecular weight is 387 g/mol. The highest BCUT2D eigenvalue weighted by atomic mass is 16.5. The molecule has 0 radical (unpaired) electrons. The van der Waals surface area contributed by atoms with Crippen molar-refractivity contribution in [2.45, 2.75) is 40.0 Å². The van der Waals surface area contributed by atoms with Crippen LogP contribution in [0.5, 0.6) is 0 Å². The summed E-state index contributed by atoms with van der Waals surface area (Å²) in [5.41, 5.74) is 2.98. The van der Waals surface area contributed by atoms with E-state index in [4.69, 9.17) is 9.26 Å². The van der Waals surface area contributed by atoms with Gasteiger partial charge in [-0.1, -0.05) is 32.0 Å². The Morgan fingerprint density at radius 1 is 1.11 bits per heavy atom. The molecule has 1 heterocycles. The van der Waals surface area contributed by atoms with E-state index in [-0.39, 0.29) is 23.8 Å². The van der Waals surface area contributed by atoms with Crippen LogP contribution in [0.25, 0.3) is 0 Å². The molecule has 0 bridgehead atoms. The summed E-state index contributed by atoms with van der Waals surface area (Å²) in [6.45, 7) is 8.90. The zero-order valence-electron chi connectivity index (χ0n) is 16.7. The first-order chi connectivity index (χ1) is 13.1. The molecule has 8 heteroatoms. The minimum Gasteiger partial charge on any atom is -0.454 e. The van der Waals surface area contributed by atoms with Crippen molar-refractivity contribution in [1.82, 2.24) is 10.5 Å². The van der Waals surface area contributed by atoms with Crippen LogP contribution in [0.15, 0.2) is 28.8 Å². The van der Waals surface area contributed by atoms with Gasteiger partial charge in [0.05, 0.1) is 5.69 Å². The van der Waals surface area contributed by atoms with Crippen LogP contribution in [-0.2, 0) is 19.7 Å². The van der Waals surface area contributed by atoms with Crippen molar-refractivity contribution in [3.05, 3.63) is 46.6 Å². The van der Waals surface area contributed by atoms with Crippen LogP contribution in [0, 0.1) is 13.8 Å². The molecular weight excluding hydrogens is 362 g/mol. The summed E-state index contributed by atoms with van der Waals surface area (Å²) < 4.78 is 9.89. The van der Waals surface area contributed by atoms with Gasteiger partial charge in [-0.05, 0) is 37.1 Å². The van der Waals surface area contributed by atoms with Gasteiger partial charge in [0, 0.05) is 17.0 Å². The number of anilines is 1. The van der Waals surface area contributed by atoms with Gasteiger partial charge in [-0.25, -0.2) is 0 Å². The topological polar surface area (TPSA) is 111 Å². The van der Waals surface area contributed by atoms with Gasteiger partial charge in [0.1, 0.15) is 6.54 Å². The van der Waals surface area contributed by atoms with E-state index in [0.29, 0.717) is 11.3 Å². The number of amides is 2. The van der Waals surface area contributed by atoms with Crippen LogP contribution in [0.4, 0.5) is 5.88 Å². The molecule has 28 heavy (non-hydrogen) atoms. The maximum absolute atomic E-state index is 12.1. The highest BCUT2D eigenvalue weighted by molar-refractivity contribution is 5.96. The fraction of sp³-hybridized carbons (Fsp3) is 0.400. The lowest BCUT2D eigenvalue weighted by molar-refractivity contribution is -0.146. The number of aromatic nitrogens is 1. The van der Waals surface area contributed by atoms with Crippen molar-refractivity contribution in [1.29, 1.82) is 0 Å². The molecular formula is C20H25N3O5. The van der Waals surface area contributed by atoms with Crippen molar-refractivity contribution in [3.8, 4) is 0 Å². The summed E-state index contributed by atoms with van der Waals surface area (Å²) in [7, 11) is 0. The highest BCUT2D eigenvalue weighted by Crippen LogP contribution is 2.23. The minimum absolute atomic E-state index is 0.175. The van der Waals surface area contributed by atoms with Gasteiger partial charge in [-0.15, -0.1) is 0 Å². The van der Waals surface area contributed by atoms with E-state index >= 15 is 0 Å². The fourth-order valence-corrected chi connectivity index (χ4v) is 2.20. The molecule has 0 aliphatic carbocycles. The second-order valence-corrected chi connectivity index (χ2v) is 7.52. The van der Waals surface area contributed by atoms with E-state index in [9.17, 15) is 14.4 Å². The van der Waals surface area contributed by atoms with Crippen molar-refractivity contribution >= 4 is 23.7 Å². The van der Waals surface area contributed by atoms with Crippen LogP contribution in [-0.4, -0.2) is 36.1 Å². The Morgan fingerprint density at radius 2 is 1.82 bits per heavy atom. The van der Waals surface area contributed by atoms with E-state index in [2.05, 4.69) is 15.8 Å². The first kappa shape index (κ1) is 21.1. The maximum Gasteiger partial charge on any atom is 0.325 e. The van der Waals surface area contributed by atoms with E-state index in [1.165, 1.54) is 0 Å². The number of benzene rings is 1. The van der Waals surface area contributed by atoms with Crippen molar-refractivity contribution in [2.24, 2.45) is 0 Å². The van der Waals surface area contributed by atoms with E-state index in [0.717, 1.165) is 11.1 Å². The molecule has 0 spiro atoms. The van der Waals surface area contributed by atoms with Gasteiger partial charge < -0.3 is 14.6 Å². The molecule has 0 fully saturated rings. The van der Waals surface area contributed by atoms with Crippen LogP contribution < -0.4 is 10.6 Å². The third-order valence-corrected chi connectivity index (χ3v) is 4.07. The first-order valence-electron chi connectivity index (χ1n) is 8.84. The molecule has 1 aromatic heterocycles. The number of nitrogens with zero attached hydrogens (tertiary/aromatic N) is 1.